The standard InChI is InChI=1S/C21H20N2O5S/c1-25-17-7-5-14(18(26-2)19(17)27-3)20(24)23-21-22-15(11-29-21)12-4-6-16-13(10-12)8-9-28-16/h4-7,10-11H,8-9H2,1-3H3,(H,22,23,24). The van der Waals surface area contributed by atoms with Gasteiger partial charge in [-0.2, -0.15) is 0 Å². The molecule has 0 saturated carbocycles. The van der Waals surface area contributed by atoms with E-state index in [4.69, 9.17) is 18.9 Å². The van der Waals surface area contributed by atoms with E-state index in [1.54, 1.807) is 12.1 Å². The molecule has 1 aliphatic heterocycles. The Morgan fingerprint density at radius 2 is 1.93 bits per heavy atom. The fraction of sp³-hybridized carbons (Fsp3) is 0.238. The van der Waals surface area contributed by atoms with E-state index in [-0.39, 0.29) is 5.91 Å². The molecule has 0 spiro atoms. The molecule has 4 rings (SSSR count). The van der Waals surface area contributed by atoms with Crippen LogP contribution in [0.5, 0.6) is 23.0 Å². The highest BCUT2D eigenvalue weighted by atomic mass is 32.1. The lowest BCUT2D eigenvalue weighted by molar-refractivity contribution is 0.102. The van der Waals surface area contributed by atoms with E-state index in [9.17, 15) is 4.79 Å². The number of aromatic nitrogens is 1. The Hall–Kier alpha value is -3.26. The van der Waals surface area contributed by atoms with Gasteiger partial charge in [-0.05, 0) is 35.9 Å². The largest absolute Gasteiger partial charge is 0.493 e. The average Bonchev–Trinajstić information content (AvgIpc) is 3.41. The van der Waals surface area contributed by atoms with Gasteiger partial charge in [0.1, 0.15) is 5.75 Å². The van der Waals surface area contributed by atoms with Gasteiger partial charge >= 0.3 is 0 Å². The Bertz CT molecular complexity index is 1060. The second kappa shape index (κ2) is 8.00. The van der Waals surface area contributed by atoms with Gasteiger partial charge in [-0.3, -0.25) is 10.1 Å². The smallest absolute Gasteiger partial charge is 0.261 e. The number of anilines is 1. The number of carbonyl (C=O) groups is 1. The van der Waals surface area contributed by atoms with Crippen LogP contribution in [0.2, 0.25) is 0 Å². The summed E-state index contributed by atoms with van der Waals surface area (Å²) in [5, 5.41) is 5.25. The molecule has 0 saturated heterocycles. The molecule has 0 radical (unpaired) electrons. The summed E-state index contributed by atoms with van der Waals surface area (Å²) in [5.74, 6) is 1.74. The molecule has 1 aromatic heterocycles. The molecule has 1 aliphatic rings. The quantitative estimate of drug-likeness (QED) is 0.659. The van der Waals surface area contributed by atoms with Crippen molar-refractivity contribution in [3.63, 3.8) is 0 Å². The molecule has 1 N–H and O–H groups in total. The zero-order valence-corrected chi connectivity index (χ0v) is 17.1. The van der Waals surface area contributed by atoms with Crippen molar-refractivity contribution in [2.24, 2.45) is 0 Å². The first-order valence-corrected chi connectivity index (χ1v) is 9.84. The van der Waals surface area contributed by atoms with Gasteiger partial charge in [-0.25, -0.2) is 4.98 Å². The van der Waals surface area contributed by atoms with Gasteiger partial charge < -0.3 is 18.9 Å². The summed E-state index contributed by atoms with van der Waals surface area (Å²) in [7, 11) is 4.50. The van der Waals surface area contributed by atoms with Crippen LogP contribution in [0.4, 0.5) is 5.13 Å². The van der Waals surface area contributed by atoms with E-state index in [0.717, 1.165) is 23.4 Å². The highest BCUT2D eigenvalue weighted by Crippen LogP contribution is 2.40. The first kappa shape index (κ1) is 19.1. The molecule has 0 bridgehead atoms. The summed E-state index contributed by atoms with van der Waals surface area (Å²) >= 11 is 1.36. The van der Waals surface area contributed by atoms with Gasteiger partial charge in [0.2, 0.25) is 5.75 Å². The number of benzene rings is 2. The lowest BCUT2D eigenvalue weighted by Crippen LogP contribution is -2.13. The minimum Gasteiger partial charge on any atom is -0.493 e. The average molecular weight is 412 g/mol. The lowest BCUT2D eigenvalue weighted by Gasteiger charge is -2.15. The first-order valence-electron chi connectivity index (χ1n) is 8.96. The van der Waals surface area contributed by atoms with Crippen LogP contribution in [0.1, 0.15) is 15.9 Å². The third-order valence-corrected chi connectivity index (χ3v) is 5.42. The molecule has 7 nitrogen and oxygen atoms in total. The predicted octanol–water partition coefficient (Wildman–Crippen LogP) is 4.02. The SMILES string of the molecule is COc1ccc(C(=O)Nc2nc(-c3ccc4c(c3)CCO4)cs2)c(OC)c1OC. The van der Waals surface area contributed by atoms with E-state index >= 15 is 0 Å². The molecule has 0 atom stereocenters. The van der Waals surface area contributed by atoms with Crippen molar-refractivity contribution in [3.05, 3.63) is 46.8 Å². The molecule has 0 aliphatic carbocycles. The Morgan fingerprint density at radius 1 is 1.10 bits per heavy atom. The molecule has 8 heteroatoms. The van der Waals surface area contributed by atoms with Crippen molar-refractivity contribution in [2.75, 3.05) is 33.3 Å². The molecular weight excluding hydrogens is 392 g/mol. The van der Waals surface area contributed by atoms with Gasteiger partial charge in [-0.15, -0.1) is 11.3 Å². The Balaban J connectivity index is 1.57. The third kappa shape index (κ3) is 3.58. The maximum atomic E-state index is 12.8. The van der Waals surface area contributed by atoms with Gasteiger partial charge in [0.05, 0.1) is 39.2 Å². The van der Waals surface area contributed by atoms with Gasteiger partial charge in [-0.1, -0.05) is 0 Å². The number of ether oxygens (including phenoxy) is 4. The van der Waals surface area contributed by atoms with Gasteiger partial charge in [0, 0.05) is 17.4 Å². The van der Waals surface area contributed by atoms with Crippen LogP contribution in [0.3, 0.4) is 0 Å². The zero-order chi connectivity index (χ0) is 20.4. The van der Waals surface area contributed by atoms with E-state index < -0.39 is 0 Å². The summed E-state index contributed by atoms with van der Waals surface area (Å²) in [6, 6.07) is 9.31. The van der Waals surface area contributed by atoms with Crippen LogP contribution in [0, 0.1) is 0 Å². The normalized spacial score (nSPS) is 12.1. The minimum atomic E-state index is -0.342. The van der Waals surface area contributed by atoms with E-state index in [1.807, 2.05) is 17.5 Å². The monoisotopic (exact) mass is 412 g/mol. The molecule has 1 amide bonds. The molecular formula is C21H20N2O5S. The number of nitrogens with one attached hydrogen (secondary N) is 1. The van der Waals surface area contributed by atoms with Crippen LogP contribution in [0.15, 0.2) is 35.7 Å². The fourth-order valence-electron chi connectivity index (χ4n) is 3.25. The van der Waals surface area contributed by atoms with E-state index in [0.29, 0.717) is 34.6 Å². The summed E-state index contributed by atoms with van der Waals surface area (Å²) in [6.45, 7) is 0.713. The Morgan fingerprint density at radius 3 is 2.69 bits per heavy atom. The van der Waals surface area contributed by atoms with Crippen LogP contribution in [-0.4, -0.2) is 38.8 Å². The van der Waals surface area contributed by atoms with Crippen molar-refractivity contribution < 1.29 is 23.7 Å². The molecule has 0 fully saturated rings. The van der Waals surface area contributed by atoms with Gasteiger partial charge in [0.25, 0.3) is 5.91 Å². The van der Waals surface area contributed by atoms with Crippen molar-refractivity contribution >= 4 is 22.4 Å². The number of nitrogens with zero attached hydrogens (tertiary/aromatic N) is 1. The van der Waals surface area contributed by atoms with Crippen molar-refractivity contribution in [1.82, 2.24) is 4.98 Å². The van der Waals surface area contributed by atoms with Crippen LogP contribution in [-0.2, 0) is 6.42 Å². The number of amides is 1. The molecule has 0 unspecified atom stereocenters. The number of rotatable bonds is 6. The topological polar surface area (TPSA) is 78.9 Å². The highest BCUT2D eigenvalue weighted by Gasteiger charge is 2.21. The summed E-state index contributed by atoms with van der Waals surface area (Å²) in [4.78, 5) is 17.4. The van der Waals surface area contributed by atoms with E-state index in [2.05, 4.69) is 16.4 Å². The summed E-state index contributed by atoms with van der Waals surface area (Å²) in [5.41, 5.74) is 3.31. The number of hydrogen-bond acceptors (Lipinski definition) is 7. The van der Waals surface area contributed by atoms with Crippen LogP contribution >= 0.6 is 11.3 Å². The maximum absolute atomic E-state index is 12.8. The molecule has 29 heavy (non-hydrogen) atoms. The molecule has 2 heterocycles. The lowest BCUT2D eigenvalue weighted by atomic mass is 10.1. The predicted molar refractivity (Wildman–Crippen MR) is 111 cm³/mol. The number of carbonyl (C=O) groups excluding carboxylic acids is 1. The maximum Gasteiger partial charge on any atom is 0.261 e. The van der Waals surface area contributed by atoms with E-state index in [1.165, 1.54) is 38.2 Å². The Kier molecular flexibility index (Phi) is 5.26. The minimum absolute atomic E-state index is 0.305. The first-order chi connectivity index (χ1) is 14.1. The fourth-order valence-corrected chi connectivity index (χ4v) is 3.97. The van der Waals surface area contributed by atoms with Crippen molar-refractivity contribution in [2.45, 2.75) is 6.42 Å². The van der Waals surface area contributed by atoms with Crippen molar-refractivity contribution in [3.8, 4) is 34.3 Å². The Labute approximate surface area is 172 Å². The van der Waals surface area contributed by atoms with Crippen LogP contribution < -0.4 is 24.3 Å². The zero-order valence-electron chi connectivity index (χ0n) is 16.3. The number of hydrogen-bond donors (Lipinski definition) is 1. The highest BCUT2D eigenvalue weighted by molar-refractivity contribution is 7.14. The summed E-state index contributed by atoms with van der Waals surface area (Å²) in [6.07, 6.45) is 0.899. The molecule has 2 aromatic carbocycles. The molecule has 150 valence electrons. The number of fused-ring (bicyclic) bond motifs is 1. The second-order valence-corrected chi connectivity index (χ2v) is 7.15. The van der Waals surface area contributed by atoms with Crippen molar-refractivity contribution in [1.29, 1.82) is 0 Å². The second-order valence-electron chi connectivity index (χ2n) is 6.29. The number of thiazole rings is 1. The number of methoxy groups -OCH3 is 3. The van der Waals surface area contributed by atoms with Crippen LogP contribution in [0.25, 0.3) is 11.3 Å². The van der Waals surface area contributed by atoms with Gasteiger partial charge in [0.15, 0.2) is 16.6 Å². The molecule has 3 aromatic rings. The summed E-state index contributed by atoms with van der Waals surface area (Å²) < 4.78 is 21.5. The third-order valence-electron chi connectivity index (χ3n) is 4.66.